The van der Waals surface area contributed by atoms with Crippen molar-refractivity contribution in [3.8, 4) is 0 Å². The van der Waals surface area contributed by atoms with Crippen molar-refractivity contribution in [3.05, 3.63) is 18.0 Å². The lowest BCUT2D eigenvalue weighted by molar-refractivity contribution is 0.0515. The number of nitrogens with one attached hydrogen (secondary N) is 1. The lowest BCUT2D eigenvalue weighted by Crippen LogP contribution is -2.19. The van der Waals surface area contributed by atoms with Gasteiger partial charge in [0.2, 0.25) is 10.0 Å². The van der Waals surface area contributed by atoms with Crippen LogP contribution >= 0.6 is 0 Å². The van der Waals surface area contributed by atoms with Gasteiger partial charge in [-0.3, -0.25) is 4.72 Å². The summed E-state index contributed by atoms with van der Waals surface area (Å²) in [4.78, 5) is 11.9. The molecule has 19 heavy (non-hydrogen) atoms. The quantitative estimate of drug-likeness (QED) is 0.777. The zero-order valence-electron chi connectivity index (χ0n) is 11.5. The van der Waals surface area contributed by atoms with E-state index in [2.05, 4.69) is 4.72 Å². The zero-order valence-corrected chi connectivity index (χ0v) is 12.3. The maximum atomic E-state index is 11.9. The van der Waals surface area contributed by atoms with Crippen LogP contribution in [0.5, 0.6) is 0 Å². The van der Waals surface area contributed by atoms with Gasteiger partial charge in [0.1, 0.15) is 0 Å². The van der Waals surface area contributed by atoms with Gasteiger partial charge in [-0.25, -0.2) is 13.2 Å². The highest BCUT2D eigenvalue weighted by molar-refractivity contribution is 7.92. The van der Waals surface area contributed by atoms with Gasteiger partial charge >= 0.3 is 5.97 Å². The van der Waals surface area contributed by atoms with E-state index in [1.165, 1.54) is 6.92 Å². The summed E-state index contributed by atoms with van der Waals surface area (Å²) in [5.74, 6) is -0.566. The van der Waals surface area contributed by atoms with Crippen LogP contribution in [0.2, 0.25) is 0 Å². The van der Waals surface area contributed by atoms with Crippen molar-refractivity contribution in [2.75, 3.05) is 17.1 Å². The Bertz CT molecular complexity index is 534. The van der Waals surface area contributed by atoms with E-state index in [1.807, 2.05) is 6.92 Å². The van der Waals surface area contributed by atoms with Gasteiger partial charge in [-0.05, 0) is 26.3 Å². The SMILES string of the molecule is CCCn1ccc(NS(=O)(=O)CC)c1C(=O)OCC. The van der Waals surface area contributed by atoms with Gasteiger partial charge in [-0.15, -0.1) is 0 Å². The third kappa shape index (κ3) is 3.99. The number of sulfonamides is 1. The average Bonchev–Trinajstić information content (AvgIpc) is 2.72. The maximum Gasteiger partial charge on any atom is 0.357 e. The van der Waals surface area contributed by atoms with Crippen LogP contribution < -0.4 is 4.72 Å². The molecule has 0 fully saturated rings. The number of rotatable bonds is 7. The number of aryl methyl sites for hydroxylation is 1. The molecule has 1 aromatic heterocycles. The number of anilines is 1. The second kappa shape index (κ2) is 6.60. The lowest BCUT2D eigenvalue weighted by Gasteiger charge is -2.11. The molecule has 108 valence electrons. The molecule has 0 atom stereocenters. The largest absolute Gasteiger partial charge is 0.461 e. The monoisotopic (exact) mass is 288 g/mol. The molecule has 0 aliphatic rings. The van der Waals surface area contributed by atoms with Crippen molar-refractivity contribution in [1.29, 1.82) is 0 Å². The molecule has 0 aliphatic heterocycles. The summed E-state index contributed by atoms with van der Waals surface area (Å²) in [6.45, 7) is 6.10. The van der Waals surface area contributed by atoms with E-state index in [0.717, 1.165) is 6.42 Å². The first kappa shape index (κ1) is 15.6. The highest BCUT2D eigenvalue weighted by Crippen LogP contribution is 2.20. The first-order valence-electron chi connectivity index (χ1n) is 6.31. The molecular formula is C12H20N2O4S. The van der Waals surface area contributed by atoms with Gasteiger partial charge in [0.25, 0.3) is 0 Å². The molecule has 1 heterocycles. The maximum absolute atomic E-state index is 11.9. The summed E-state index contributed by atoms with van der Waals surface area (Å²) in [5.41, 5.74) is 0.523. The molecule has 1 rings (SSSR count). The fraction of sp³-hybridized carbons (Fsp3) is 0.583. The molecule has 1 N–H and O–H groups in total. The Balaban J connectivity index is 3.14. The van der Waals surface area contributed by atoms with Crippen molar-refractivity contribution in [2.45, 2.75) is 33.7 Å². The van der Waals surface area contributed by atoms with Gasteiger partial charge in [0.05, 0.1) is 18.0 Å². The van der Waals surface area contributed by atoms with Gasteiger partial charge < -0.3 is 9.30 Å². The molecule has 0 unspecified atom stereocenters. The molecule has 0 bridgehead atoms. The minimum atomic E-state index is -3.42. The predicted octanol–water partition coefficient (Wildman–Crippen LogP) is 1.84. The first-order valence-corrected chi connectivity index (χ1v) is 7.97. The van der Waals surface area contributed by atoms with Crippen LogP contribution in [0, 0.1) is 0 Å². The Morgan fingerprint density at radius 1 is 1.37 bits per heavy atom. The Labute approximate surface area is 113 Å². The number of hydrogen-bond donors (Lipinski definition) is 1. The summed E-state index contributed by atoms with van der Waals surface area (Å²) >= 11 is 0. The average molecular weight is 288 g/mol. The van der Waals surface area contributed by atoms with Gasteiger partial charge in [-0.1, -0.05) is 6.92 Å². The third-order valence-electron chi connectivity index (χ3n) is 2.54. The Hall–Kier alpha value is -1.50. The number of esters is 1. The fourth-order valence-electron chi connectivity index (χ4n) is 1.65. The molecule has 6 nitrogen and oxygen atoms in total. The zero-order chi connectivity index (χ0) is 14.5. The molecule has 0 spiro atoms. The topological polar surface area (TPSA) is 77.4 Å². The van der Waals surface area contributed by atoms with Crippen LogP contribution in [0.1, 0.15) is 37.7 Å². The number of carbonyl (C=O) groups is 1. The predicted molar refractivity (Wildman–Crippen MR) is 73.8 cm³/mol. The van der Waals surface area contributed by atoms with E-state index < -0.39 is 16.0 Å². The molecule has 0 aliphatic carbocycles. The van der Waals surface area contributed by atoms with E-state index in [-0.39, 0.29) is 23.7 Å². The molecule has 0 saturated carbocycles. The first-order chi connectivity index (χ1) is 8.95. The van der Waals surface area contributed by atoms with Crippen molar-refractivity contribution in [3.63, 3.8) is 0 Å². The fourth-order valence-corrected chi connectivity index (χ4v) is 2.29. The number of nitrogens with zero attached hydrogens (tertiary/aromatic N) is 1. The van der Waals surface area contributed by atoms with Crippen LogP contribution in [0.15, 0.2) is 12.3 Å². The van der Waals surface area contributed by atoms with Gasteiger partial charge in [0.15, 0.2) is 5.69 Å². The molecule has 7 heteroatoms. The van der Waals surface area contributed by atoms with E-state index in [4.69, 9.17) is 4.74 Å². The second-order valence-corrected chi connectivity index (χ2v) is 6.01. The Morgan fingerprint density at radius 3 is 2.58 bits per heavy atom. The van der Waals surface area contributed by atoms with Crippen LogP contribution in [-0.4, -0.2) is 31.3 Å². The van der Waals surface area contributed by atoms with Crippen molar-refractivity contribution >= 4 is 21.7 Å². The molecular weight excluding hydrogens is 268 g/mol. The molecule has 1 aromatic rings. The lowest BCUT2D eigenvalue weighted by atomic mass is 10.3. The summed E-state index contributed by atoms with van der Waals surface area (Å²) in [5, 5.41) is 0. The number of hydrogen-bond acceptors (Lipinski definition) is 4. The third-order valence-corrected chi connectivity index (χ3v) is 3.83. The highest BCUT2D eigenvalue weighted by Gasteiger charge is 2.21. The standard InChI is InChI=1S/C12H20N2O4S/c1-4-8-14-9-7-10(13-19(16,17)6-3)11(14)12(15)18-5-2/h7,9,13H,4-6,8H2,1-3H3. The summed E-state index contributed by atoms with van der Waals surface area (Å²) < 4.78 is 32.3. The van der Waals surface area contributed by atoms with Crippen molar-refractivity contribution in [2.24, 2.45) is 0 Å². The minimum absolute atomic E-state index is 0.0474. The number of carbonyl (C=O) groups excluding carboxylic acids is 1. The number of aromatic nitrogens is 1. The van der Waals surface area contributed by atoms with Gasteiger partial charge in [-0.2, -0.15) is 0 Å². The summed E-state index contributed by atoms with van der Waals surface area (Å²) in [6, 6.07) is 1.58. The van der Waals surface area contributed by atoms with Crippen LogP contribution in [0.3, 0.4) is 0 Å². The van der Waals surface area contributed by atoms with Crippen LogP contribution in [0.4, 0.5) is 5.69 Å². The smallest absolute Gasteiger partial charge is 0.357 e. The molecule has 0 amide bonds. The summed E-state index contributed by atoms with van der Waals surface area (Å²) in [6.07, 6.45) is 2.52. The Morgan fingerprint density at radius 2 is 2.05 bits per heavy atom. The second-order valence-electron chi connectivity index (χ2n) is 4.00. The summed E-state index contributed by atoms with van der Waals surface area (Å²) in [7, 11) is -3.42. The minimum Gasteiger partial charge on any atom is -0.461 e. The van der Waals surface area contributed by atoms with E-state index in [9.17, 15) is 13.2 Å². The van der Waals surface area contributed by atoms with Crippen LogP contribution in [0.25, 0.3) is 0 Å². The normalized spacial score (nSPS) is 11.3. The van der Waals surface area contributed by atoms with Crippen LogP contribution in [-0.2, 0) is 21.3 Å². The van der Waals surface area contributed by atoms with E-state index in [0.29, 0.717) is 6.54 Å². The molecule has 0 radical (unpaired) electrons. The highest BCUT2D eigenvalue weighted by atomic mass is 32.2. The molecule has 0 saturated heterocycles. The van der Waals surface area contributed by atoms with Crippen molar-refractivity contribution < 1.29 is 17.9 Å². The van der Waals surface area contributed by atoms with Gasteiger partial charge in [0, 0.05) is 12.7 Å². The Kier molecular flexibility index (Phi) is 5.41. The van der Waals surface area contributed by atoms with E-state index >= 15 is 0 Å². The number of ether oxygens (including phenoxy) is 1. The van der Waals surface area contributed by atoms with E-state index in [1.54, 1.807) is 23.8 Å². The van der Waals surface area contributed by atoms with Crippen molar-refractivity contribution in [1.82, 2.24) is 4.57 Å². The molecule has 0 aromatic carbocycles.